The highest BCUT2D eigenvalue weighted by Crippen LogP contribution is 2.41. The normalized spacial score (nSPS) is 29.4. The van der Waals surface area contributed by atoms with Crippen molar-refractivity contribution in [3.05, 3.63) is 66.2 Å². The molecule has 1 saturated heterocycles. The first-order valence-electron chi connectivity index (χ1n) is 9.41. The lowest BCUT2D eigenvalue weighted by molar-refractivity contribution is -0.190. The van der Waals surface area contributed by atoms with Crippen LogP contribution in [-0.4, -0.2) is 40.6 Å². The first kappa shape index (κ1) is 20.4. The molecule has 2 unspecified atom stereocenters. The van der Waals surface area contributed by atoms with Crippen LogP contribution < -0.4 is 0 Å². The fourth-order valence-corrected chi connectivity index (χ4v) is 4.70. The van der Waals surface area contributed by atoms with Gasteiger partial charge < -0.3 is 19.7 Å². The van der Waals surface area contributed by atoms with Crippen molar-refractivity contribution in [3.63, 3.8) is 0 Å². The van der Waals surface area contributed by atoms with Gasteiger partial charge >= 0.3 is 0 Å². The second kappa shape index (κ2) is 9.71. The lowest BCUT2D eigenvalue weighted by atomic mass is 9.82. The minimum Gasteiger partial charge on any atom is -0.394 e. The van der Waals surface area contributed by atoms with Crippen molar-refractivity contribution < 1.29 is 19.7 Å². The summed E-state index contributed by atoms with van der Waals surface area (Å²) in [6, 6.07) is 20.2. The average molecular weight is 389 g/mol. The molecule has 0 aliphatic carbocycles. The molecule has 0 saturated carbocycles. The van der Waals surface area contributed by atoms with Crippen molar-refractivity contribution in [1.82, 2.24) is 0 Å². The summed E-state index contributed by atoms with van der Waals surface area (Å²) in [5.41, 5.74) is 0.867. The fourth-order valence-electron chi connectivity index (χ4n) is 3.47. The van der Waals surface area contributed by atoms with Crippen molar-refractivity contribution in [2.75, 3.05) is 6.61 Å². The van der Waals surface area contributed by atoms with E-state index >= 15 is 0 Å². The van der Waals surface area contributed by atoms with E-state index in [1.54, 1.807) is 11.8 Å². The molecule has 27 heavy (non-hydrogen) atoms. The third kappa shape index (κ3) is 5.12. The van der Waals surface area contributed by atoms with E-state index in [-0.39, 0.29) is 30.0 Å². The highest BCUT2D eigenvalue weighted by Gasteiger charge is 2.45. The van der Waals surface area contributed by atoms with Gasteiger partial charge in [0.15, 0.2) is 0 Å². The first-order chi connectivity index (χ1) is 13.1. The molecule has 1 aliphatic heterocycles. The van der Waals surface area contributed by atoms with E-state index in [9.17, 15) is 10.2 Å². The van der Waals surface area contributed by atoms with Crippen LogP contribution in [0.3, 0.4) is 0 Å². The Morgan fingerprint density at radius 3 is 2.26 bits per heavy atom. The summed E-state index contributed by atoms with van der Waals surface area (Å²) in [5.74, 6) is 0.246. The summed E-state index contributed by atoms with van der Waals surface area (Å²) >= 11 is 1.61. The molecule has 6 atom stereocenters. The molecular formula is C22H28O4S. The molecule has 0 spiro atoms. The Bertz CT molecular complexity index is 681. The summed E-state index contributed by atoms with van der Waals surface area (Å²) in [5, 5.41) is 19.6. The molecule has 2 aromatic carbocycles. The maximum absolute atomic E-state index is 10.2. The van der Waals surface area contributed by atoms with Crippen LogP contribution >= 0.6 is 11.8 Å². The standard InChI is InChI=1S/C22H28O4S/c1-15-16(2)21(25-14-17-9-5-3-6-10-17)22(26-20(15)19(24)13-23)27-18-11-7-4-8-12-18/h3-12,15-16,19-24H,13-14H2,1-2H3/t15-,16?,19+,20?,21+,22+/m0/s1. The van der Waals surface area contributed by atoms with Crippen LogP contribution in [0.5, 0.6) is 0 Å². The van der Waals surface area contributed by atoms with Crippen LogP contribution in [0.15, 0.2) is 65.6 Å². The summed E-state index contributed by atoms with van der Waals surface area (Å²) in [4.78, 5) is 1.09. The number of hydrogen-bond donors (Lipinski definition) is 2. The van der Waals surface area contributed by atoms with Gasteiger partial charge in [0.1, 0.15) is 11.5 Å². The van der Waals surface area contributed by atoms with Gasteiger partial charge in [-0.1, -0.05) is 74.1 Å². The van der Waals surface area contributed by atoms with Crippen molar-refractivity contribution in [3.8, 4) is 0 Å². The number of ether oxygens (including phenoxy) is 2. The molecule has 2 aromatic rings. The molecule has 146 valence electrons. The molecule has 0 aromatic heterocycles. The summed E-state index contributed by atoms with van der Waals surface area (Å²) in [6.45, 7) is 4.40. The molecule has 1 fully saturated rings. The van der Waals surface area contributed by atoms with Gasteiger partial charge in [0.2, 0.25) is 0 Å². The molecule has 5 heteroatoms. The van der Waals surface area contributed by atoms with Crippen molar-refractivity contribution in [2.24, 2.45) is 11.8 Å². The van der Waals surface area contributed by atoms with Gasteiger partial charge in [0.05, 0.1) is 25.4 Å². The van der Waals surface area contributed by atoms with E-state index in [1.165, 1.54) is 0 Å². The van der Waals surface area contributed by atoms with E-state index in [0.717, 1.165) is 10.5 Å². The molecule has 2 N–H and O–H groups in total. The number of aliphatic hydroxyl groups is 2. The molecular weight excluding hydrogens is 360 g/mol. The minimum atomic E-state index is -0.892. The average Bonchev–Trinajstić information content (AvgIpc) is 2.71. The monoisotopic (exact) mass is 388 g/mol. The van der Waals surface area contributed by atoms with Gasteiger partial charge in [-0.3, -0.25) is 0 Å². The summed E-state index contributed by atoms with van der Waals surface area (Å²) in [7, 11) is 0. The number of thioether (sulfide) groups is 1. The second-order valence-corrected chi connectivity index (χ2v) is 8.30. The van der Waals surface area contributed by atoms with Crippen LogP contribution in [0.2, 0.25) is 0 Å². The Morgan fingerprint density at radius 1 is 1.00 bits per heavy atom. The van der Waals surface area contributed by atoms with E-state index in [4.69, 9.17) is 9.47 Å². The number of benzene rings is 2. The second-order valence-electron chi connectivity index (χ2n) is 7.13. The maximum Gasteiger partial charge on any atom is 0.134 e. The van der Waals surface area contributed by atoms with E-state index in [2.05, 4.69) is 26.0 Å². The molecule has 0 bridgehead atoms. The van der Waals surface area contributed by atoms with Crippen molar-refractivity contribution in [2.45, 2.75) is 49.1 Å². The minimum absolute atomic E-state index is 0.0700. The molecule has 1 aliphatic rings. The first-order valence-corrected chi connectivity index (χ1v) is 10.3. The zero-order chi connectivity index (χ0) is 19.2. The largest absolute Gasteiger partial charge is 0.394 e. The number of hydrogen-bond acceptors (Lipinski definition) is 5. The Balaban J connectivity index is 1.78. The van der Waals surface area contributed by atoms with Crippen LogP contribution in [0.1, 0.15) is 19.4 Å². The maximum atomic E-state index is 10.2. The third-order valence-corrected chi connectivity index (χ3v) is 6.43. The van der Waals surface area contributed by atoms with E-state index < -0.39 is 12.2 Å². The van der Waals surface area contributed by atoms with Gasteiger partial charge in [0.25, 0.3) is 0 Å². The zero-order valence-corrected chi connectivity index (χ0v) is 16.6. The zero-order valence-electron chi connectivity index (χ0n) is 15.8. The molecule has 3 rings (SSSR count). The van der Waals surface area contributed by atoms with Crippen molar-refractivity contribution >= 4 is 11.8 Å². The Labute approximate surface area is 165 Å². The molecule has 0 amide bonds. The molecule has 1 heterocycles. The van der Waals surface area contributed by atoms with Crippen LogP contribution in [0, 0.1) is 11.8 Å². The third-order valence-electron chi connectivity index (χ3n) is 5.27. The highest BCUT2D eigenvalue weighted by molar-refractivity contribution is 7.99. The molecule has 0 radical (unpaired) electrons. The van der Waals surface area contributed by atoms with Crippen LogP contribution in [0.25, 0.3) is 0 Å². The topological polar surface area (TPSA) is 58.9 Å². The summed E-state index contributed by atoms with van der Waals surface area (Å²) in [6.07, 6.45) is -1.42. The van der Waals surface area contributed by atoms with Gasteiger partial charge in [-0.15, -0.1) is 0 Å². The predicted molar refractivity (Wildman–Crippen MR) is 107 cm³/mol. The fraction of sp³-hybridized carbons (Fsp3) is 0.455. The van der Waals surface area contributed by atoms with Gasteiger partial charge in [-0.2, -0.15) is 0 Å². The SMILES string of the molecule is CC1[C@H](C)C([C@H](O)CO)O[C@H](Sc2ccccc2)[C@@H]1OCc1ccccc1. The Kier molecular flexibility index (Phi) is 7.33. The lowest BCUT2D eigenvalue weighted by Gasteiger charge is -2.45. The van der Waals surface area contributed by atoms with Crippen LogP contribution in [0.4, 0.5) is 0 Å². The van der Waals surface area contributed by atoms with Gasteiger partial charge in [-0.05, 0) is 29.5 Å². The van der Waals surface area contributed by atoms with Gasteiger partial charge in [-0.25, -0.2) is 0 Å². The molecule has 4 nitrogen and oxygen atoms in total. The number of rotatable bonds is 7. The lowest BCUT2D eigenvalue weighted by Crippen LogP contribution is -2.53. The highest BCUT2D eigenvalue weighted by atomic mass is 32.2. The van der Waals surface area contributed by atoms with E-state index in [0.29, 0.717) is 6.61 Å². The van der Waals surface area contributed by atoms with Crippen LogP contribution in [-0.2, 0) is 16.1 Å². The number of aliphatic hydroxyl groups excluding tert-OH is 2. The summed E-state index contributed by atoms with van der Waals surface area (Å²) < 4.78 is 12.6. The van der Waals surface area contributed by atoms with Crippen molar-refractivity contribution in [1.29, 1.82) is 0 Å². The Hall–Kier alpha value is -1.37. The van der Waals surface area contributed by atoms with E-state index in [1.807, 2.05) is 48.5 Å². The quantitative estimate of drug-likeness (QED) is 0.757. The Morgan fingerprint density at radius 2 is 1.63 bits per heavy atom. The predicted octanol–water partition coefficient (Wildman–Crippen LogP) is 3.71. The van der Waals surface area contributed by atoms with Gasteiger partial charge in [0, 0.05) is 4.90 Å². The smallest absolute Gasteiger partial charge is 0.134 e.